The van der Waals surface area contributed by atoms with Crippen molar-refractivity contribution in [1.29, 1.82) is 0 Å². The Hall–Kier alpha value is -2.85. The number of nitrogens with zero attached hydrogens (tertiary/aromatic N) is 2. The first kappa shape index (κ1) is 18.9. The molecule has 1 heterocycles. The van der Waals surface area contributed by atoms with Crippen molar-refractivity contribution in [2.24, 2.45) is 0 Å². The third kappa shape index (κ3) is 5.08. The van der Waals surface area contributed by atoms with E-state index < -0.39 is 0 Å². The van der Waals surface area contributed by atoms with Crippen LogP contribution < -0.4 is 10.2 Å². The summed E-state index contributed by atoms with van der Waals surface area (Å²) in [4.78, 5) is 18.8. The first-order valence-electron chi connectivity index (χ1n) is 8.98. The van der Waals surface area contributed by atoms with Crippen molar-refractivity contribution in [1.82, 2.24) is 10.3 Å². The van der Waals surface area contributed by atoms with Crippen molar-refractivity contribution in [3.63, 3.8) is 0 Å². The van der Waals surface area contributed by atoms with Gasteiger partial charge in [-0.15, -0.1) is 0 Å². The van der Waals surface area contributed by atoms with Crippen LogP contribution in [0.3, 0.4) is 0 Å². The summed E-state index contributed by atoms with van der Waals surface area (Å²) in [6.07, 6.45) is 2.46. The van der Waals surface area contributed by atoms with Gasteiger partial charge in [0.2, 0.25) is 0 Å². The van der Waals surface area contributed by atoms with E-state index in [1.165, 1.54) is 0 Å². The number of para-hydroxylation sites is 1. The molecule has 3 aromatic rings. The van der Waals surface area contributed by atoms with Crippen LogP contribution in [0.1, 0.15) is 23.0 Å². The van der Waals surface area contributed by atoms with Crippen LogP contribution in [0.5, 0.6) is 0 Å². The lowest BCUT2D eigenvalue weighted by Gasteiger charge is -2.22. The fourth-order valence-electron chi connectivity index (χ4n) is 2.91. The number of benzene rings is 2. The Morgan fingerprint density at radius 3 is 2.52 bits per heavy atom. The molecule has 0 atom stereocenters. The first-order valence-corrected chi connectivity index (χ1v) is 9.36. The summed E-state index contributed by atoms with van der Waals surface area (Å²) in [6, 6.07) is 21.4. The predicted molar refractivity (Wildman–Crippen MR) is 111 cm³/mol. The van der Waals surface area contributed by atoms with Gasteiger partial charge in [-0.2, -0.15) is 0 Å². The molecule has 0 spiro atoms. The fraction of sp³-hybridized carbons (Fsp3) is 0.182. The molecule has 2 aromatic carbocycles. The lowest BCUT2D eigenvalue weighted by molar-refractivity contribution is 0.0949. The number of carbonyl (C=O) groups is 1. The molecule has 138 valence electrons. The van der Waals surface area contributed by atoms with Gasteiger partial charge in [-0.25, -0.2) is 4.98 Å². The summed E-state index contributed by atoms with van der Waals surface area (Å²) in [7, 11) is 0. The van der Waals surface area contributed by atoms with Crippen LogP contribution in [0.4, 0.5) is 11.4 Å². The van der Waals surface area contributed by atoms with Gasteiger partial charge in [0, 0.05) is 23.8 Å². The Kier molecular flexibility index (Phi) is 6.44. The Morgan fingerprint density at radius 2 is 1.85 bits per heavy atom. The van der Waals surface area contributed by atoms with E-state index in [4.69, 9.17) is 11.6 Å². The van der Waals surface area contributed by atoms with Gasteiger partial charge in [-0.05, 0) is 55.3 Å². The molecule has 0 saturated carbocycles. The molecule has 0 aliphatic heterocycles. The molecule has 27 heavy (non-hydrogen) atoms. The SMILES string of the molecule is CCN(c1ccccc1)c1ccc(C(=O)NCCc2cccc(Cl)c2)nc1. The second kappa shape index (κ2) is 9.19. The maximum atomic E-state index is 12.3. The van der Waals surface area contributed by atoms with Gasteiger partial charge >= 0.3 is 0 Å². The molecule has 5 heteroatoms. The van der Waals surface area contributed by atoms with E-state index >= 15 is 0 Å². The Balaban J connectivity index is 1.60. The van der Waals surface area contributed by atoms with Gasteiger partial charge in [0.1, 0.15) is 5.69 Å². The predicted octanol–water partition coefficient (Wildman–Crippen LogP) is 4.87. The highest BCUT2D eigenvalue weighted by atomic mass is 35.5. The van der Waals surface area contributed by atoms with Crippen LogP contribution in [0.2, 0.25) is 5.02 Å². The second-order valence-corrected chi connectivity index (χ2v) is 6.55. The lowest BCUT2D eigenvalue weighted by Crippen LogP contribution is -2.26. The number of nitrogens with one attached hydrogen (secondary N) is 1. The van der Waals surface area contributed by atoms with E-state index in [0.29, 0.717) is 17.3 Å². The fourth-order valence-corrected chi connectivity index (χ4v) is 3.12. The van der Waals surface area contributed by atoms with Crippen molar-refractivity contribution in [2.75, 3.05) is 18.0 Å². The average molecular weight is 380 g/mol. The topological polar surface area (TPSA) is 45.2 Å². The number of rotatable bonds is 7. The first-order chi connectivity index (χ1) is 13.2. The molecule has 0 radical (unpaired) electrons. The highest BCUT2D eigenvalue weighted by Gasteiger charge is 2.10. The minimum Gasteiger partial charge on any atom is -0.350 e. The summed E-state index contributed by atoms with van der Waals surface area (Å²) >= 11 is 5.98. The molecule has 3 rings (SSSR count). The third-order valence-corrected chi connectivity index (χ3v) is 4.50. The maximum Gasteiger partial charge on any atom is 0.269 e. The van der Waals surface area contributed by atoms with Crippen molar-refractivity contribution in [2.45, 2.75) is 13.3 Å². The minimum atomic E-state index is -0.175. The summed E-state index contributed by atoms with van der Waals surface area (Å²) in [5.41, 5.74) is 3.56. The van der Waals surface area contributed by atoms with E-state index in [-0.39, 0.29) is 5.91 Å². The number of carbonyl (C=O) groups excluding carboxylic acids is 1. The lowest BCUT2D eigenvalue weighted by atomic mass is 10.1. The zero-order valence-electron chi connectivity index (χ0n) is 15.2. The van der Waals surface area contributed by atoms with Crippen molar-refractivity contribution in [3.8, 4) is 0 Å². The highest BCUT2D eigenvalue weighted by molar-refractivity contribution is 6.30. The van der Waals surface area contributed by atoms with Gasteiger partial charge in [0.15, 0.2) is 0 Å². The highest BCUT2D eigenvalue weighted by Crippen LogP contribution is 2.24. The molecule has 0 fully saturated rings. The average Bonchev–Trinajstić information content (AvgIpc) is 2.70. The van der Waals surface area contributed by atoms with Gasteiger partial charge in [-0.3, -0.25) is 4.79 Å². The van der Waals surface area contributed by atoms with Gasteiger partial charge < -0.3 is 10.2 Å². The summed E-state index contributed by atoms with van der Waals surface area (Å²) in [6.45, 7) is 3.44. The molecular formula is C22H22ClN3O. The van der Waals surface area contributed by atoms with E-state index in [1.54, 1.807) is 12.3 Å². The third-order valence-electron chi connectivity index (χ3n) is 4.26. The van der Waals surface area contributed by atoms with Gasteiger partial charge in [0.25, 0.3) is 5.91 Å². The van der Waals surface area contributed by atoms with Crippen LogP contribution in [0.15, 0.2) is 72.9 Å². The number of amides is 1. The van der Waals surface area contributed by atoms with Crippen LogP contribution >= 0.6 is 11.6 Å². The Labute approximate surface area is 164 Å². The Bertz CT molecular complexity index is 882. The number of hydrogen-bond donors (Lipinski definition) is 1. The summed E-state index contributed by atoms with van der Waals surface area (Å²) < 4.78 is 0. The molecule has 4 nitrogen and oxygen atoms in total. The number of anilines is 2. The minimum absolute atomic E-state index is 0.175. The zero-order valence-corrected chi connectivity index (χ0v) is 16.0. The van der Waals surface area contributed by atoms with E-state index in [1.807, 2.05) is 48.5 Å². The number of hydrogen-bond acceptors (Lipinski definition) is 3. The van der Waals surface area contributed by atoms with Crippen LogP contribution in [0.25, 0.3) is 0 Å². The molecule has 0 aliphatic rings. The quantitative estimate of drug-likeness (QED) is 0.637. The van der Waals surface area contributed by atoms with Crippen molar-refractivity contribution in [3.05, 3.63) is 89.2 Å². The Morgan fingerprint density at radius 1 is 1.04 bits per heavy atom. The van der Waals surface area contributed by atoms with E-state index in [0.717, 1.165) is 29.9 Å². The summed E-state index contributed by atoms with van der Waals surface area (Å²) in [5.74, 6) is -0.175. The smallest absolute Gasteiger partial charge is 0.269 e. The van der Waals surface area contributed by atoms with E-state index in [2.05, 4.69) is 34.3 Å². The summed E-state index contributed by atoms with van der Waals surface area (Å²) in [5, 5.41) is 3.61. The molecule has 0 saturated heterocycles. The van der Waals surface area contributed by atoms with Crippen LogP contribution in [-0.4, -0.2) is 24.0 Å². The van der Waals surface area contributed by atoms with E-state index in [9.17, 15) is 4.79 Å². The molecule has 0 aliphatic carbocycles. The molecule has 1 N–H and O–H groups in total. The van der Waals surface area contributed by atoms with Gasteiger partial charge in [0.05, 0.1) is 11.9 Å². The molecule has 1 amide bonds. The molecule has 0 bridgehead atoms. The van der Waals surface area contributed by atoms with Crippen LogP contribution in [0, 0.1) is 0 Å². The molecule has 0 unspecified atom stereocenters. The van der Waals surface area contributed by atoms with Crippen molar-refractivity contribution >= 4 is 28.9 Å². The largest absolute Gasteiger partial charge is 0.350 e. The second-order valence-electron chi connectivity index (χ2n) is 6.12. The molecule has 1 aromatic heterocycles. The number of aromatic nitrogens is 1. The zero-order chi connectivity index (χ0) is 19.1. The molecular weight excluding hydrogens is 358 g/mol. The standard InChI is InChI=1S/C22H22ClN3O/c1-2-26(19-9-4-3-5-10-19)20-11-12-21(25-16-20)22(27)24-14-13-17-7-6-8-18(23)15-17/h3-12,15-16H,2,13-14H2,1H3,(H,24,27). The van der Waals surface area contributed by atoms with Crippen LogP contribution in [-0.2, 0) is 6.42 Å². The number of pyridine rings is 1. The van der Waals surface area contributed by atoms with Gasteiger partial charge in [-0.1, -0.05) is 41.9 Å². The number of halogens is 1. The maximum absolute atomic E-state index is 12.3. The van der Waals surface area contributed by atoms with Crippen molar-refractivity contribution < 1.29 is 4.79 Å². The monoisotopic (exact) mass is 379 g/mol. The normalized spacial score (nSPS) is 10.4.